The first-order valence-electron chi connectivity index (χ1n) is 6.72. The molecule has 0 bridgehead atoms. The molecule has 0 spiro atoms. The van der Waals surface area contributed by atoms with E-state index in [-0.39, 0.29) is 12.4 Å². The normalized spacial score (nSPS) is 11.4. The Morgan fingerprint density at radius 1 is 1.05 bits per heavy atom. The number of amidine groups is 1. The van der Waals surface area contributed by atoms with Gasteiger partial charge in [0, 0.05) is 24.3 Å². The molecule has 21 heavy (non-hydrogen) atoms. The van der Waals surface area contributed by atoms with Crippen LogP contribution < -0.4 is 10.6 Å². The molecule has 0 aliphatic carbocycles. The van der Waals surface area contributed by atoms with Crippen LogP contribution in [0.3, 0.4) is 0 Å². The highest BCUT2D eigenvalue weighted by atomic mass is 16.4. The molecule has 0 saturated heterocycles. The summed E-state index contributed by atoms with van der Waals surface area (Å²) in [7, 11) is 0. The molecule has 0 atom stereocenters. The van der Waals surface area contributed by atoms with Crippen LogP contribution >= 0.6 is 0 Å². The van der Waals surface area contributed by atoms with Gasteiger partial charge in [-0.05, 0) is 29.8 Å². The minimum absolute atomic E-state index is 0.0782. The van der Waals surface area contributed by atoms with E-state index in [0.717, 1.165) is 5.69 Å². The Morgan fingerprint density at radius 2 is 1.71 bits per heavy atom. The Morgan fingerprint density at radius 3 is 2.29 bits per heavy atom. The third kappa shape index (κ3) is 3.97. The number of hydrogen-bond donors (Lipinski definition) is 3. The van der Waals surface area contributed by atoms with E-state index in [0.29, 0.717) is 18.7 Å². The summed E-state index contributed by atoms with van der Waals surface area (Å²) >= 11 is 0. The molecule has 0 amide bonds. The number of oxime groups is 1. The first-order chi connectivity index (χ1) is 10.2. The van der Waals surface area contributed by atoms with Crippen molar-refractivity contribution in [3.8, 4) is 0 Å². The summed E-state index contributed by atoms with van der Waals surface area (Å²) in [6.07, 6.45) is 0. The van der Waals surface area contributed by atoms with Crippen LogP contribution in [-0.4, -0.2) is 29.3 Å². The summed E-state index contributed by atoms with van der Waals surface area (Å²) < 4.78 is 0. The van der Waals surface area contributed by atoms with Crippen molar-refractivity contribution in [3.63, 3.8) is 0 Å². The molecule has 2 rings (SSSR count). The van der Waals surface area contributed by atoms with Gasteiger partial charge >= 0.3 is 0 Å². The Kier molecular flexibility index (Phi) is 5.17. The van der Waals surface area contributed by atoms with Crippen LogP contribution in [-0.2, 0) is 6.54 Å². The molecule has 0 saturated carbocycles. The fourth-order valence-electron chi connectivity index (χ4n) is 2.12. The standard InChI is InChI=1S/C16H19N3O2/c17-16(18-21)14-6-8-15(9-7-14)19(10-11-20)12-13-4-2-1-3-5-13/h1-9,20-21H,10-12H2,(H2,17,18). The maximum atomic E-state index is 9.24. The van der Waals surface area contributed by atoms with Crippen molar-refractivity contribution in [2.45, 2.75) is 6.54 Å². The lowest BCUT2D eigenvalue weighted by molar-refractivity contribution is 0.301. The first kappa shape index (κ1) is 14.9. The second-order valence-electron chi connectivity index (χ2n) is 4.66. The molecule has 0 aliphatic heterocycles. The molecule has 5 nitrogen and oxygen atoms in total. The molecule has 2 aromatic rings. The van der Waals surface area contributed by atoms with E-state index >= 15 is 0 Å². The molecule has 0 unspecified atom stereocenters. The smallest absolute Gasteiger partial charge is 0.170 e. The predicted molar refractivity (Wildman–Crippen MR) is 83.5 cm³/mol. The summed E-state index contributed by atoms with van der Waals surface area (Å²) in [5, 5.41) is 20.9. The van der Waals surface area contributed by atoms with E-state index < -0.39 is 0 Å². The van der Waals surface area contributed by atoms with Gasteiger partial charge in [0.05, 0.1) is 6.61 Å². The average Bonchev–Trinajstić information content (AvgIpc) is 2.55. The number of nitrogens with zero attached hydrogens (tertiary/aromatic N) is 2. The van der Waals surface area contributed by atoms with Crippen molar-refractivity contribution < 1.29 is 10.3 Å². The highest BCUT2D eigenvalue weighted by Gasteiger charge is 2.08. The van der Waals surface area contributed by atoms with Crippen LogP contribution in [0.1, 0.15) is 11.1 Å². The van der Waals surface area contributed by atoms with Gasteiger partial charge in [-0.2, -0.15) is 0 Å². The quantitative estimate of drug-likeness (QED) is 0.327. The van der Waals surface area contributed by atoms with Gasteiger partial charge in [-0.3, -0.25) is 0 Å². The molecule has 2 aromatic carbocycles. The molecule has 0 heterocycles. The maximum Gasteiger partial charge on any atom is 0.170 e. The number of aliphatic hydroxyl groups is 1. The fourth-order valence-corrected chi connectivity index (χ4v) is 2.12. The van der Waals surface area contributed by atoms with Crippen LogP contribution in [0.5, 0.6) is 0 Å². The lowest BCUT2D eigenvalue weighted by Gasteiger charge is -2.24. The monoisotopic (exact) mass is 285 g/mol. The van der Waals surface area contributed by atoms with E-state index in [9.17, 15) is 5.11 Å². The molecular formula is C16H19N3O2. The van der Waals surface area contributed by atoms with Gasteiger partial charge in [0.2, 0.25) is 0 Å². The number of nitrogens with two attached hydrogens (primary N) is 1. The summed E-state index contributed by atoms with van der Waals surface area (Å²) in [4.78, 5) is 2.07. The SMILES string of the molecule is NC(=NO)c1ccc(N(CCO)Cc2ccccc2)cc1. The summed E-state index contributed by atoms with van der Waals surface area (Å²) in [6, 6.07) is 17.4. The zero-order valence-corrected chi connectivity index (χ0v) is 11.7. The minimum Gasteiger partial charge on any atom is -0.409 e. The van der Waals surface area contributed by atoms with Crippen molar-refractivity contribution in [1.82, 2.24) is 0 Å². The van der Waals surface area contributed by atoms with E-state index in [1.165, 1.54) is 5.56 Å². The second kappa shape index (κ2) is 7.31. The fraction of sp³-hybridized carbons (Fsp3) is 0.188. The molecule has 0 fully saturated rings. The van der Waals surface area contributed by atoms with Crippen molar-refractivity contribution in [2.24, 2.45) is 10.9 Å². The van der Waals surface area contributed by atoms with Crippen LogP contribution in [0.2, 0.25) is 0 Å². The van der Waals surface area contributed by atoms with E-state index in [2.05, 4.69) is 22.2 Å². The van der Waals surface area contributed by atoms with Gasteiger partial charge in [-0.15, -0.1) is 0 Å². The van der Waals surface area contributed by atoms with Crippen LogP contribution in [0.15, 0.2) is 59.8 Å². The third-order valence-corrected chi connectivity index (χ3v) is 3.22. The number of rotatable bonds is 6. The van der Waals surface area contributed by atoms with Gasteiger partial charge in [-0.25, -0.2) is 0 Å². The molecular weight excluding hydrogens is 266 g/mol. The zero-order valence-electron chi connectivity index (χ0n) is 11.7. The van der Waals surface area contributed by atoms with E-state index in [4.69, 9.17) is 10.9 Å². The zero-order chi connectivity index (χ0) is 15.1. The van der Waals surface area contributed by atoms with Crippen LogP contribution in [0.4, 0.5) is 5.69 Å². The van der Waals surface area contributed by atoms with Gasteiger partial charge in [0.25, 0.3) is 0 Å². The molecule has 0 aliphatic rings. The van der Waals surface area contributed by atoms with Gasteiger partial charge in [0.15, 0.2) is 5.84 Å². The van der Waals surface area contributed by atoms with Crippen LogP contribution in [0.25, 0.3) is 0 Å². The lowest BCUT2D eigenvalue weighted by Crippen LogP contribution is -2.26. The Labute approximate surface area is 123 Å². The average molecular weight is 285 g/mol. The third-order valence-electron chi connectivity index (χ3n) is 3.22. The second-order valence-corrected chi connectivity index (χ2v) is 4.66. The Hall–Kier alpha value is -2.53. The first-order valence-corrected chi connectivity index (χ1v) is 6.72. The van der Waals surface area contributed by atoms with E-state index in [1.807, 2.05) is 30.3 Å². The van der Waals surface area contributed by atoms with Crippen molar-refractivity contribution in [3.05, 3.63) is 65.7 Å². The van der Waals surface area contributed by atoms with Gasteiger partial charge in [-0.1, -0.05) is 35.5 Å². The Bertz CT molecular complexity index is 582. The molecule has 110 valence electrons. The highest BCUT2D eigenvalue weighted by molar-refractivity contribution is 5.97. The number of aliphatic hydroxyl groups excluding tert-OH is 1. The topological polar surface area (TPSA) is 82.1 Å². The van der Waals surface area contributed by atoms with Gasteiger partial charge in [0.1, 0.15) is 0 Å². The highest BCUT2D eigenvalue weighted by Crippen LogP contribution is 2.18. The van der Waals surface area contributed by atoms with Gasteiger partial charge < -0.3 is 20.9 Å². The van der Waals surface area contributed by atoms with Crippen molar-refractivity contribution in [2.75, 3.05) is 18.1 Å². The van der Waals surface area contributed by atoms with Crippen molar-refractivity contribution in [1.29, 1.82) is 0 Å². The summed E-state index contributed by atoms with van der Waals surface area (Å²) in [5.74, 6) is 0.0818. The Balaban J connectivity index is 2.18. The lowest BCUT2D eigenvalue weighted by atomic mass is 10.1. The largest absolute Gasteiger partial charge is 0.409 e. The summed E-state index contributed by atoms with van der Waals surface area (Å²) in [5.41, 5.74) is 8.35. The van der Waals surface area contributed by atoms with Crippen molar-refractivity contribution >= 4 is 11.5 Å². The molecule has 0 radical (unpaired) electrons. The number of hydrogen-bond acceptors (Lipinski definition) is 4. The predicted octanol–water partition coefficient (Wildman–Crippen LogP) is 1.78. The minimum atomic E-state index is 0.0782. The number of benzene rings is 2. The number of anilines is 1. The molecule has 4 N–H and O–H groups in total. The molecule has 5 heteroatoms. The summed E-state index contributed by atoms with van der Waals surface area (Å²) in [6.45, 7) is 1.33. The van der Waals surface area contributed by atoms with E-state index in [1.54, 1.807) is 12.1 Å². The maximum absolute atomic E-state index is 9.24. The molecule has 0 aromatic heterocycles. The van der Waals surface area contributed by atoms with Crippen LogP contribution in [0, 0.1) is 0 Å².